The van der Waals surface area contributed by atoms with Crippen LogP contribution >= 0.6 is 0 Å². The maximum Gasteiger partial charge on any atom is 0.247 e. The molecule has 2 amide bonds. The van der Waals surface area contributed by atoms with Gasteiger partial charge in [-0.2, -0.15) is 0 Å². The highest BCUT2D eigenvalue weighted by Gasteiger charge is 2.30. The van der Waals surface area contributed by atoms with Crippen LogP contribution in [0.5, 0.6) is 5.75 Å². The van der Waals surface area contributed by atoms with Crippen LogP contribution in [0.3, 0.4) is 0 Å². The number of ether oxygens (including phenoxy) is 3. The van der Waals surface area contributed by atoms with E-state index in [0.717, 1.165) is 11.3 Å². The van der Waals surface area contributed by atoms with Gasteiger partial charge in [-0.05, 0) is 37.0 Å². The number of benzene rings is 1. The van der Waals surface area contributed by atoms with E-state index < -0.39 is 11.8 Å². The van der Waals surface area contributed by atoms with Crippen LogP contribution in [0.2, 0.25) is 0 Å². The fourth-order valence-corrected chi connectivity index (χ4v) is 3.32. The number of hydrogen-bond acceptors (Lipinski definition) is 5. The van der Waals surface area contributed by atoms with E-state index in [1.807, 2.05) is 37.3 Å². The van der Waals surface area contributed by atoms with Crippen LogP contribution in [0.1, 0.15) is 39.2 Å². The summed E-state index contributed by atoms with van der Waals surface area (Å²) in [5, 5.41) is 5.54. The number of hydrogen-bond donors (Lipinski definition) is 2. The lowest BCUT2D eigenvalue weighted by Crippen LogP contribution is -2.47. The van der Waals surface area contributed by atoms with Gasteiger partial charge in [-0.25, -0.2) is 0 Å². The Hall–Kier alpha value is -2.38. The monoisotopic (exact) mass is 418 g/mol. The van der Waals surface area contributed by atoms with E-state index in [1.54, 1.807) is 14.2 Å². The molecule has 1 saturated heterocycles. The van der Waals surface area contributed by atoms with Gasteiger partial charge >= 0.3 is 0 Å². The Morgan fingerprint density at radius 2 is 1.83 bits per heavy atom. The summed E-state index contributed by atoms with van der Waals surface area (Å²) in [5.74, 6) is -0.150. The number of nitrogens with one attached hydrogen (secondary N) is 2. The predicted octanol–water partition coefficient (Wildman–Crippen LogP) is 2.59. The molecular weight excluding hydrogens is 384 g/mol. The van der Waals surface area contributed by atoms with E-state index in [4.69, 9.17) is 14.2 Å². The summed E-state index contributed by atoms with van der Waals surface area (Å²) in [6, 6.07) is 6.78. The van der Waals surface area contributed by atoms with Crippen LogP contribution in [-0.4, -0.2) is 51.0 Å². The first-order valence-corrected chi connectivity index (χ1v) is 10.4. The zero-order valence-electron chi connectivity index (χ0n) is 18.6. The van der Waals surface area contributed by atoms with Crippen LogP contribution in [0.25, 0.3) is 0 Å². The van der Waals surface area contributed by atoms with E-state index in [1.165, 1.54) is 0 Å². The quantitative estimate of drug-likeness (QED) is 0.571. The first-order chi connectivity index (χ1) is 14.3. The molecule has 1 aliphatic heterocycles. The zero-order chi connectivity index (χ0) is 22.1. The molecule has 0 aromatic heterocycles. The third kappa shape index (κ3) is 7.15. The molecular formula is C23H34N2O5. The van der Waals surface area contributed by atoms with Crippen molar-refractivity contribution in [3.05, 3.63) is 41.5 Å². The fourth-order valence-electron chi connectivity index (χ4n) is 3.32. The van der Waals surface area contributed by atoms with Gasteiger partial charge in [-0.1, -0.05) is 32.1 Å². The van der Waals surface area contributed by atoms with Crippen LogP contribution in [0.4, 0.5) is 0 Å². The standard InChI is InChI=1S/C23H34N2O5/c1-16(2)14-18(10-11-23(3)29-12-13-30-23)21(26)25-20(22(27)24-4)15-17-6-8-19(28-5)9-7-17/h6-10,16,20H,11-15H2,1-5H3,(H,24,27)(H,25,26)/b18-10+. The van der Waals surface area contributed by atoms with E-state index >= 15 is 0 Å². The van der Waals surface area contributed by atoms with Crippen LogP contribution in [-0.2, 0) is 25.5 Å². The summed E-state index contributed by atoms with van der Waals surface area (Å²) in [6.45, 7) is 7.09. The Bertz CT molecular complexity index is 736. The van der Waals surface area contributed by atoms with Crippen molar-refractivity contribution in [2.45, 2.75) is 51.9 Å². The largest absolute Gasteiger partial charge is 0.497 e. The molecule has 0 spiro atoms. The number of likely N-dealkylation sites (N-methyl/N-ethyl adjacent to an activating group) is 1. The smallest absolute Gasteiger partial charge is 0.247 e. The highest BCUT2D eigenvalue weighted by Crippen LogP contribution is 2.25. The molecule has 166 valence electrons. The van der Waals surface area contributed by atoms with E-state index in [9.17, 15) is 9.59 Å². The Kier molecular flexibility index (Phi) is 8.87. The molecule has 30 heavy (non-hydrogen) atoms. The molecule has 1 aromatic rings. The Morgan fingerprint density at radius 3 is 2.37 bits per heavy atom. The highest BCUT2D eigenvalue weighted by molar-refractivity contribution is 5.97. The maximum atomic E-state index is 13.0. The minimum absolute atomic E-state index is 0.238. The molecule has 0 aliphatic carbocycles. The van der Waals surface area contributed by atoms with Crippen molar-refractivity contribution in [3.63, 3.8) is 0 Å². The van der Waals surface area contributed by atoms with Crippen molar-refractivity contribution in [2.24, 2.45) is 5.92 Å². The molecule has 0 saturated carbocycles. The van der Waals surface area contributed by atoms with Gasteiger partial charge < -0.3 is 24.8 Å². The molecule has 0 radical (unpaired) electrons. The summed E-state index contributed by atoms with van der Waals surface area (Å²) < 4.78 is 16.5. The first-order valence-electron chi connectivity index (χ1n) is 10.4. The minimum atomic E-state index is -0.703. The molecule has 7 heteroatoms. The van der Waals surface area contributed by atoms with Gasteiger partial charge in [0.05, 0.1) is 20.3 Å². The molecule has 1 heterocycles. The lowest BCUT2D eigenvalue weighted by atomic mass is 9.98. The summed E-state index contributed by atoms with van der Waals surface area (Å²) in [5.41, 5.74) is 1.56. The Balaban J connectivity index is 2.13. The number of methoxy groups -OCH3 is 1. The molecule has 1 aromatic carbocycles. The second kappa shape index (κ2) is 11.1. The third-order valence-corrected chi connectivity index (χ3v) is 5.00. The van der Waals surface area contributed by atoms with Crippen molar-refractivity contribution in [1.82, 2.24) is 10.6 Å². The molecule has 1 fully saturated rings. The predicted molar refractivity (Wildman–Crippen MR) is 115 cm³/mol. The van der Waals surface area contributed by atoms with Crippen molar-refractivity contribution in [2.75, 3.05) is 27.4 Å². The van der Waals surface area contributed by atoms with Crippen molar-refractivity contribution in [3.8, 4) is 5.75 Å². The van der Waals surface area contributed by atoms with Crippen molar-refractivity contribution in [1.29, 1.82) is 0 Å². The van der Waals surface area contributed by atoms with E-state index in [2.05, 4.69) is 24.5 Å². The zero-order valence-corrected chi connectivity index (χ0v) is 18.6. The van der Waals surface area contributed by atoms with E-state index in [0.29, 0.717) is 44.0 Å². The summed E-state index contributed by atoms with van der Waals surface area (Å²) in [7, 11) is 3.17. The maximum absolute atomic E-state index is 13.0. The van der Waals surface area contributed by atoms with Gasteiger partial charge in [-0.15, -0.1) is 0 Å². The second-order valence-electron chi connectivity index (χ2n) is 8.05. The first kappa shape index (κ1) is 23.9. The SMILES string of the molecule is CNC(=O)C(Cc1ccc(OC)cc1)NC(=O)/C(=C/CC1(C)OCCO1)CC(C)C. The van der Waals surface area contributed by atoms with E-state index in [-0.39, 0.29) is 11.8 Å². The van der Waals surface area contributed by atoms with Gasteiger partial charge in [0.15, 0.2) is 5.79 Å². The molecule has 1 aliphatic rings. The lowest BCUT2D eigenvalue weighted by molar-refractivity contribution is -0.138. The number of carbonyl (C=O) groups is 2. The molecule has 2 rings (SSSR count). The highest BCUT2D eigenvalue weighted by atomic mass is 16.7. The Labute approximate surface area is 179 Å². The lowest BCUT2D eigenvalue weighted by Gasteiger charge is -2.22. The van der Waals surface area contributed by atoms with Crippen molar-refractivity contribution >= 4 is 11.8 Å². The van der Waals surface area contributed by atoms with Gasteiger partial charge in [-0.3, -0.25) is 9.59 Å². The minimum Gasteiger partial charge on any atom is -0.497 e. The summed E-state index contributed by atoms with van der Waals surface area (Å²) in [4.78, 5) is 25.5. The third-order valence-electron chi connectivity index (χ3n) is 5.00. The van der Waals surface area contributed by atoms with Gasteiger partial charge in [0.25, 0.3) is 0 Å². The number of amides is 2. The number of carbonyl (C=O) groups excluding carboxylic acids is 2. The average Bonchev–Trinajstić information content (AvgIpc) is 3.16. The van der Waals surface area contributed by atoms with Crippen molar-refractivity contribution < 1.29 is 23.8 Å². The van der Waals surface area contributed by atoms with Gasteiger partial charge in [0, 0.05) is 25.5 Å². The summed E-state index contributed by atoms with van der Waals surface area (Å²) in [6.07, 6.45) is 3.33. The average molecular weight is 419 g/mol. The molecule has 1 atom stereocenters. The Morgan fingerprint density at radius 1 is 1.20 bits per heavy atom. The second-order valence-corrected chi connectivity index (χ2v) is 8.05. The van der Waals surface area contributed by atoms with Crippen LogP contribution in [0, 0.1) is 5.92 Å². The van der Waals surface area contributed by atoms with Crippen LogP contribution < -0.4 is 15.4 Å². The molecule has 1 unspecified atom stereocenters. The molecule has 7 nitrogen and oxygen atoms in total. The fraction of sp³-hybridized carbons (Fsp3) is 0.565. The number of rotatable bonds is 10. The normalized spacial score (nSPS) is 16.9. The summed E-state index contributed by atoms with van der Waals surface area (Å²) >= 11 is 0. The topological polar surface area (TPSA) is 85.9 Å². The molecule has 0 bridgehead atoms. The molecule has 2 N–H and O–H groups in total. The van der Waals surface area contributed by atoms with Crippen LogP contribution in [0.15, 0.2) is 35.9 Å². The van der Waals surface area contributed by atoms with Gasteiger partial charge in [0.2, 0.25) is 11.8 Å². The van der Waals surface area contributed by atoms with Gasteiger partial charge in [0.1, 0.15) is 11.8 Å².